The van der Waals surface area contributed by atoms with Gasteiger partial charge in [0.25, 0.3) is 0 Å². The fourth-order valence-electron chi connectivity index (χ4n) is 9.76. The van der Waals surface area contributed by atoms with Crippen molar-refractivity contribution >= 4 is 17.1 Å². The quantitative estimate of drug-likeness (QED) is 0.179. The predicted molar refractivity (Wildman–Crippen MR) is 233 cm³/mol. The van der Waals surface area contributed by atoms with Gasteiger partial charge in [-0.15, -0.1) is 0 Å². The van der Waals surface area contributed by atoms with Crippen LogP contribution in [0.4, 0.5) is 17.1 Å². The maximum Gasteiger partial charge on any atom is 0.132 e. The van der Waals surface area contributed by atoms with Gasteiger partial charge < -0.3 is 9.64 Å². The van der Waals surface area contributed by atoms with Crippen LogP contribution in [-0.2, 0) is 10.8 Å². The van der Waals surface area contributed by atoms with Crippen LogP contribution < -0.4 is 9.64 Å². The number of anilines is 3. The van der Waals surface area contributed by atoms with Gasteiger partial charge in [0.2, 0.25) is 0 Å². The van der Waals surface area contributed by atoms with Gasteiger partial charge in [0.05, 0.1) is 11.1 Å². The third-order valence-corrected chi connectivity index (χ3v) is 12.1. The van der Waals surface area contributed by atoms with Crippen molar-refractivity contribution in [2.75, 3.05) is 4.90 Å². The van der Waals surface area contributed by atoms with Gasteiger partial charge in [0.15, 0.2) is 0 Å². The average molecular weight is 722 g/mol. The molecule has 2 heteroatoms. The summed E-state index contributed by atoms with van der Waals surface area (Å²) < 4.78 is 6.64. The first kappa shape index (κ1) is 33.9. The maximum atomic E-state index is 6.64. The molecule has 0 fully saturated rings. The van der Waals surface area contributed by atoms with Gasteiger partial charge in [0.1, 0.15) is 11.5 Å². The topological polar surface area (TPSA) is 12.5 Å². The molecule has 0 bridgehead atoms. The number of benzene rings is 8. The van der Waals surface area contributed by atoms with E-state index >= 15 is 0 Å². The highest BCUT2D eigenvalue weighted by Crippen LogP contribution is 2.64. The van der Waals surface area contributed by atoms with Crippen molar-refractivity contribution < 1.29 is 4.74 Å². The van der Waals surface area contributed by atoms with Crippen molar-refractivity contribution in [2.45, 2.75) is 38.5 Å². The van der Waals surface area contributed by atoms with Gasteiger partial charge in [-0.1, -0.05) is 173 Å². The number of nitrogens with zero attached hydrogens (tertiary/aromatic N) is 1. The maximum absolute atomic E-state index is 6.64. The second kappa shape index (κ2) is 13.0. The molecule has 1 heterocycles. The number of fused-ring (bicyclic) bond motifs is 12. The van der Waals surface area contributed by atoms with E-state index in [0.29, 0.717) is 0 Å². The van der Waals surface area contributed by atoms with Crippen molar-refractivity contribution in [1.29, 1.82) is 0 Å². The smallest absolute Gasteiger partial charge is 0.132 e. The molecule has 11 rings (SSSR count). The molecule has 0 saturated carbocycles. The first-order valence-electron chi connectivity index (χ1n) is 19.9. The Balaban J connectivity index is 0.00000189. The van der Waals surface area contributed by atoms with Crippen LogP contribution in [0.3, 0.4) is 0 Å². The standard InChI is InChI=1S/C52H37NO.C2H6/c1-51(2)41-19-8-6-17-38(41)39-32-31-37(33-46(39)51)53(36-29-27-35(28-30-36)34-15-4-3-5-16-34)47-24-14-23-45-50(47)40-18-7-9-20-42(40)52(45)43-21-10-12-25-48(43)54-49-26-13-11-22-44(49)52;1-2/h3-33H,1-2H3;1-2H3. The van der Waals surface area contributed by atoms with Crippen molar-refractivity contribution in [3.05, 3.63) is 221 Å². The highest BCUT2D eigenvalue weighted by Gasteiger charge is 2.52. The highest BCUT2D eigenvalue weighted by atomic mass is 16.5. The monoisotopic (exact) mass is 721 g/mol. The lowest BCUT2D eigenvalue weighted by Crippen LogP contribution is -2.32. The fourth-order valence-corrected chi connectivity index (χ4v) is 9.76. The first-order chi connectivity index (χ1) is 27.5. The number of rotatable bonds is 4. The molecular weight excluding hydrogens is 679 g/mol. The zero-order valence-corrected chi connectivity index (χ0v) is 32.3. The van der Waals surface area contributed by atoms with Gasteiger partial charge in [-0.05, 0) is 92.5 Å². The summed E-state index contributed by atoms with van der Waals surface area (Å²) in [7, 11) is 0. The lowest BCUT2D eigenvalue weighted by Gasteiger charge is -2.39. The van der Waals surface area contributed by atoms with E-state index in [1.165, 1.54) is 66.8 Å². The average Bonchev–Trinajstić information content (AvgIpc) is 3.68. The number of hydrogen-bond acceptors (Lipinski definition) is 2. The van der Waals surface area contributed by atoms with E-state index < -0.39 is 5.41 Å². The Labute approximate surface area is 330 Å². The van der Waals surface area contributed by atoms with Crippen LogP contribution >= 0.6 is 0 Å². The summed E-state index contributed by atoms with van der Waals surface area (Å²) >= 11 is 0. The number of ether oxygens (including phenoxy) is 1. The van der Waals surface area contributed by atoms with Gasteiger partial charge in [-0.3, -0.25) is 0 Å². The Morgan fingerprint density at radius 1 is 0.393 bits per heavy atom. The summed E-state index contributed by atoms with van der Waals surface area (Å²) in [5, 5.41) is 0. The van der Waals surface area contributed by atoms with Crippen LogP contribution in [0.1, 0.15) is 61.1 Å². The molecule has 0 amide bonds. The summed E-state index contributed by atoms with van der Waals surface area (Å²) in [4.78, 5) is 2.49. The van der Waals surface area contributed by atoms with Gasteiger partial charge in [-0.2, -0.15) is 0 Å². The molecule has 8 aromatic carbocycles. The zero-order valence-electron chi connectivity index (χ0n) is 32.3. The normalized spacial score (nSPS) is 14.1. The molecule has 2 nitrogen and oxygen atoms in total. The van der Waals surface area contributed by atoms with E-state index in [-0.39, 0.29) is 5.41 Å². The molecule has 0 radical (unpaired) electrons. The minimum Gasteiger partial charge on any atom is -0.457 e. The van der Waals surface area contributed by atoms with Crippen molar-refractivity contribution in [3.8, 4) is 44.9 Å². The molecule has 270 valence electrons. The van der Waals surface area contributed by atoms with E-state index in [0.717, 1.165) is 28.6 Å². The molecule has 2 aliphatic carbocycles. The van der Waals surface area contributed by atoms with Gasteiger partial charge in [-0.25, -0.2) is 0 Å². The molecule has 0 N–H and O–H groups in total. The molecule has 1 aliphatic heterocycles. The predicted octanol–water partition coefficient (Wildman–Crippen LogP) is 14.6. The van der Waals surface area contributed by atoms with Crippen LogP contribution in [-0.4, -0.2) is 0 Å². The van der Waals surface area contributed by atoms with Gasteiger partial charge in [0, 0.05) is 33.5 Å². The minimum atomic E-state index is -0.544. The largest absolute Gasteiger partial charge is 0.457 e. The third-order valence-electron chi connectivity index (χ3n) is 12.1. The molecule has 8 aromatic rings. The summed E-state index contributed by atoms with van der Waals surface area (Å²) in [5.74, 6) is 1.80. The second-order valence-corrected chi connectivity index (χ2v) is 15.2. The highest BCUT2D eigenvalue weighted by molar-refractivity contribution is 5.99. The summed E-state index contributed by atoms with van der Waals surface area (Å²) in [6, 6.07) is 68.8. The SMILES string of the molecule is CC.CC1(C)c2ccccc2-c2ccc(N(c3ccc(-c4ccccc4)cc3)c3cccc4c3-c3ccccc3C43c4ccccc4Oc4ccccc43)cc21. The summed E-state index contributed by atoms with van der Waals surface area (Å²) in [6.45, 7) is 8.72. The Kier molecular flexibility index (Phi) is 7.87. The molecular formula is C54H43NO. The lowest BCUT2D eigenvalue weighted by molar-refractivity contribution is 0.436. The van der Waals surface area contributed by atoms with Crippen LogP contribution in [0.2, 0.25) is 0 Å². The van der Waals surface area contributed by atoms with Crippen molar-refractivity contribution in [2.24, 2.45) is 0 Å². The van der Waals surface area contributed by atoms with Crippen LogP contribution in [0.5, 0.6) is 11.5 Å². The summed E-state index contributed by atoms with van der Waals surface area (Å²) in [5.41, 5.74) is 17.9. The minimum absolute atomic E-state index is 0.129. The molecule has 0 saturated heterocycles. The van der Waals surface area contributed by atoms with Crippen molar-refractivity contribution in [1.82, 2.24) is 0 Å². The molecule has 56 heavy (non-hydrogen) atoms. The Bertz CT molecular complexity index is 2730. The Morgan fingerprint density at radius 2 is 0.911 bits per heavy atom. The molecule has 3 aliphatic rings. The van der Waals surface area contributed by atoms with Crippen LogP contribution in [0, 0.1) is 0 Å². The van der Waals surface area contributed by atoms with Gasteiger partial charge >= 0.3 is 0 Å². The van der Waals surface area contributed by atoms with E-state index in [1.807, 2.05) is 13.8 Å². The second-order valence-electron chi connectivity index (χ2n) is 15.2. The Hall–Kier alpha value is -6.64. The summed E-state index contributed by atoms with van der Waals surface area (Å²) in [6.07, 6.45) is 0. The van der Waals surface area contributed by atoms with Crippen molar-refractivity contribution in [3.63, 3.8) is 0 Å². The van der Waals surface area contributed by atoms with E-state index in [2.05, 4.69) is 207 Å². The lowest BCUT2D eigenvalue weighted by atomic mass is 9.66. The number of para-hydroxylation sites is 2. The molecule has 1 spiro atoms. The van der Waals surface area contributed by atoms with Crippen LogP contribution in [0.15, 0.2) is 188 Å². The van der Waals surface area contributed by atoms with Crippen LogP contribution in [0.25, 0.3) is 33.4 Å². The molecule has 0 atom stereocenters. The zero-order chi connectivity index (χ0) is 38.0. The third kappa shape index (κ3) is 4.75. The first-order valence-corrected chi connectivity index (χ1v) is 19.9. The molecule has 0 aromatic heterocycles. The van der Waals surface area contributed by atoms with E-state index in [4.69, 9.17) is 4.74 Å². The molecule has 0 unspecified atom stereocenters. The van der Waals surface area contributed by atoms with E-state index in [1.54, 1.807) is 0 Å². The number of hydrogen-bond donors (Lipinski definition) is 0. The fraction of sp³-hybridized carbons (Fsp3) is 0.111. The Morgan fingerprint density at radius 3 is 1.61 bits per heavy atom. The van der Waals surface area contributed by atoms with E-state index in [9.17, 15) is 0 Å².